The molecule has 0 aromatic rings. The lowest BCUT2D eigenvalue weighted by atomic mass is 9.74. The summed E-state index contributed by atoms with van der Waals surface area (Å²) >= 11 is 0. The number of ketones is 2. The molecule has 1 rings (SSSR count). The maximum Gasteiger partial charge on any atom is 0.267 e. The van der Waals surface area contributed by atoms with E-state index < -0.39 is 11.6 Å². The molecule has 3 nitrogen and oxygen atoms in total. The molecule has 0 amide bonds. The lowest BCUT2D eigenvalue weighted by Gasteiger charge is -2.30. The van der Waals surface area contributed by atoms with Crippen LogP contribution in [0.5, 0.6) is 0 Å². The molecule has 0 aromatic heterocycles. The molecule has 0 saturated carbocycles. The van der Waals surface area contributed by atoms with E-state index in [9.17, 15) is 9.59 Å². The van der Waals surface area contributed by atoms with Gasteiger partial charge in [-0.05, 0) is 16.9 Å². The minimum atomic E-state index is -0.533. The summed E-state index contributed by atoms with van der Waals surface area (Å²) in [5.41, 5.74) is 0.763. The standard InChI is InChI=1S/C15H22O3/c1-14(2,3)9-8-10(15(4,5)6)13(18-7)12(17)11(9)16/h8H,1-7H3. The summed E-state index contributed by atoms with van der Waals surface area (Å²) in [6.07, 6.45) is 1.82. The van der Waals surface area contributed by atoms with Crippen molar-refractivity contribution in [2.24, 2.45) is 10.8 Å². The molecule has 0 spiro atoms. The van der Waals surface area contributed by atoms with E-state index in [2.05, 4.69) is 0 Å². The van der Waals surface area contributed by atoms with E-state index in [4.69, 9.17) is 4.74 Å². The number of carbonyl (C=O) groups is 2. The smallest absolute Gasteiger partial charge is 0.267 e. The number of rotatable bonds is 1. The Bertz CT molecular complexity index is 451. The van der Waals surface area contributed by atoms with Gasteiger partial charge in [-0.2, -0.15) is 0 Å². The molecule has 0 atom stereocenters. The number of carbonyl (C=O) groups excluding carboxylic acids is 2. The first-order valence-electron chi connectivity index (χ1n) is 6.10. The van der Waals surface area contributed by atoms with Crippen LogP contribution in [0.2, 0.25) is 0 Å². The van der Waals surface area contributed by atoms with Gasteiger partial charge in [0, 0.05) is 11.1 Å². The molecule has 0 bridgehead atoms. The molecule has 0 aromatic carbocycles. The largest absolute Gasteiger partial charge is 0.492 e. The summed E-state index contributed by atoms with van der Waals surface area (Å²) < 4.78 is 5.14. The summed E-state index contributed by atoms with van der Waals surface area (Å²) in [4.78, 5) is 24.2. The number of allylic oxidation sites excluding steroid dienone is 4. The number of ether oxygens (including phenoxy) is 1. The number of Topliss-reactive ketones (excluding diaryl/α,β-unsaturated/α-hetero) is 2. The van der Waals surface area contributed by atoms with E-state index in [1.54, 1.807) is 0 Å². The van der Waals surface area contributed by atoms with Crippen LogP contribution in [-0.4, -0.2) is 18.7 Å². The van der Waals surface area contributed by atoms with Crippen LogP contribution in [0.4, 0.5) is 0 Å². The van der Waals surface area contributed by atoms with Crippen LogP contribution in [0, 0.1) is 10.8 Å². The number of hydrogen-bond donors (Lipinski definition) is 0. The van der Waals surface area contributed by atoms with Gasteiger partial charge in [0.15, 0.2) is 5.76 Å². The average molecular weight is 250 g/mol. The SMILES string of the molecule is COC1=C(C(C)(C)C)C=C(C(C)(C)C)C(=O)C1=O. The highest BCUT2D eigenvalue weighted by Crippen LogP contribution is 2.38. The zero-order chi connectivity index (χ0) is 14.3. The second-order valence-corrected chi connectivity index (χ2v) is 6.66. The third kappa shape index (κ3) is 2.55. The second-order valence-electron chi connectivity index (χ2n) is 6.66. The third-order valence-electron chi connectivity index (χ3n) is 3.01. The minimum Gasteiger partial charge on any atom is -0.492 e. The highest BCUT2D eigenvalue weighted by Gasteiger charge is 2.38. The van der Waals surface area contributed by atoms with Crippen LogP contribution in [0.3, 0.4) is 0 Å². The average Bonchev–Trinajstić information content (AvgIpc) is 2.17. The molecule has 1 aliphatic rings. The van der Waals surface area contributed by atoms with E-state index in [-0.39, 0.29) is 16.6 Å². The molecule has 18 heavy (non-hydrogen) atoms. The topological polar surface area (TPSA) is 43.4 Å². The fraction of sp³-hybridized carbons (Fsp3) is 0.600. The van der Waals surface area contributed by atoms with E-state index in [0.29, 0.717) is 5.57 Å². The molecule has 0 fully saturated rings. The van der Waals surface area contributed by atoms with Crippen LogP contribution in [-0.2, 0) is 14.3 Å². The lowest BCUT2D eigenvalue weighted by molar-refractivity contribution is -0.134. The normalized spacial score (nSPS) is 18.1. The van der Waals surface area contributed by atoms with Gasteiger partial charge in [0.25, 0.3) is 5.78 Å². The molecular weight excluding hydrogens is 228 g/mol. The van der Waals surface area contributed by atoms with Crippen LogP contribution >= 0.6 is 0 Å². The monoisotopic (exact) mass is 250 g/mol. The van der Waals surface area contributed by atoms with Crippen LogP contribution in [0.25, 0.3) is 0 Å². The molecule has 0 N–H and O–H groups in total. The predicted octanol–water partition coefficient (Wildman–Crippen LogP) is 3.06. The summed E-state index contributed by atoms with van der Waals surface area (Å²) in [6.45, 7) is 11.8. The first kappa shape index (κ1) is 14.7. The van der Waals surface area contributed by atoms with Gasteiger partial charge in [0.2, 0.25) is 5.78 Å². The summed E-state index contributed by atoms with van der Waals surface area (Å²) in [5, 5.41) is 0. The Morgan fingerprint density at radius 1 is 0.889 bits per heavy atom. The summed E-state index contributed by atoms with van der Waals surface area (Å²) in [6, 6.07) is 0. The molecule has 100 valence electrons. The van der Waals surface area contributed by atoms with Crippen molar-refractivity contribution < 1.29 is 14.3 Å². The highest BCUT2D eigenvalue weighted by atomic mass is 16.5. The van der Waals surface area contributed by atoms with Crippen molar-refractivity contribution in [1.29, 1.82) is 0 Å². The molecular formula is C15H22O3. The Morgan fingerprint density at radius 3 is 1.72 bits per heavy atom. The maximum atomic E-state index is 12.1. The van der Waals surface area contributed by atoms with Gasteiger partial charge >= 0.3 is 0 Å². The van der Waals surface area contributed by atoms with Gasteiger partial charge in [-0.3, -0.25) is 9.59 Å². The van der Waals surface area contributed by atoms with E-state index in [1.807, 2.05) is 47.6 Å². The number of methoxy groups -OCH3 is 1. The van der Waals surface area contributed by atoms with Crippen molar-refractivity contribution in [2.75, 3.05) is 7.11 Å². The predicted molar refractivity (Wildman–Crippen MR) is 71.0 cm³/mol. The maximum absolute atomic E-state index is 12.1. The minimum absolute atomic E-state index is 0.181. The molecule has 0 aliphatic heterocycles. The quantitative estimate of drug-likeness (QED) is 0.530. The Morgan fingerprint density at radius 2 is 1.39 bits per heavy atom. The first-order chi connectivity index (χ1) is 8.00. The fourth-order valence-corrected chi connectivity index (χ4v) is 1.94. The Hall–Kier alpha value is -1.38. The zero-order valence-electron chi connectivity index (χ0n) is 12.3. The van der Waals surface area contributed by atoms with E-state index in [0.717, 1.165) is 5.57 Å². The van der Waals surface area contributed by atoms with Crippen molar-refractivity contribution in [3.63, 3.8) is 0 Å². The number of hydrogen-bond acceptors (Lipinski definition) is 3. The van der Waals surface area contributed by atoms with Crippen LogP contribution in [0.15, 0.2) is 23.0 Å². The second kappa shape index (κ2) is 4.38. The van der Waals surface area contributed by atoms with Crippen molar-refractivity contribution >= 4 is 11.6 Å². The first-order valence-corrected chi connectivity index (χ1v) is 6.10. The van der Waals surface area contributed by atoms with Crippen molar-refractivity contribution in [3.8, 4) is 0 Å². The molecule has 0 saturated heterocycles. The molecule has 1 aliphatic carbocycles. The van der Waals surface area contributed by atoms with Crippen molar-refractivity contribution in [1.82, 2.24) is 0 Å². The van der Waals surface area contributed by atoms with Crippen molar-refractivity contribution in [2.45, 2.75) is 41.5 Å². The van der Waals surface area contributed by atoms with Gasteiger partial charge in [0.1, 0.15) is 0 Å². The summed E-state index contributed by atoms with van der Waals surface area (Å²) in [7, 11) is 1.43. The van der Waals surface area contributed by atoms with Crippen molar-refractivity contribution in [3.05, 3.63) is 23.0 Å². The van der Waals surface area contributed by atoms with E-state index in [1.165, 1.54) is 7.11 Å². The molecule has 3 heteroatoms. The molecule has 0 unspecified atom stereocenters. The van der Waals surface area contributed by atoms with E-state index >= 15 is 0 Å². The lowest BCUT2D eigenvalue weighted by Crippen LogP contribution is -2.32. The van der Waals surface area contributed by atoms with Crippen LogP contribution < -0.4 is 0 Å². The summed E-state index contributed by atoms with van der Waals surface area (Å²) in [5.74, 6) is -0.803. The van der Waals surface area contributed by atoms with Gasteiger partial charge in [-0.1, -0.05) is 41.5 Å². The molecule has 0 radical (unpaired) electrons. The fourth-order valence-electron chi connectivity index (χ4n) is 1.94. The Kier molecular flexibility index (Phi) is 3.57. The van der Waals surface area contributed by atoms with Gasteiger partial charge in [-0.25, -0.2) is 0 Å². The Balaban J connectivity index is 3.52. The Labute approximate surface area is 109 Å². The van der Waals surface area contributed by atoms with Gasteiger partial charge in [0.05, 0.1) is 7.11 Å². The third-order valence-corrected chi connectivity index (χ3v) is 3.01. The van der Waals surface area contributed by atoms with Gasteiger partial charge < -0.3 is 4.74 Å². The van der Waals surface area contributed by atoms with Gasteiger partial charge in [-0.15, -0.1) is 0 Å². The van der Waals surface area contributed by atoms with Crippen LogP contribution in [0.1, 0.15) is 41.5 Å². The molecule has 0 heterocycles. The highest BCUT2D eigenvalue weighted by molar-refractivity contribution is 6.49. The zero-order valence-corrected chi connectivity index (χ0v) is 12.3.